The molecular weight excluding hydrogens is 248 g/mol. The van der Waals surface area contributed by atoms with Gasteiger partial charge in [0.15, 0.2) is 0 Å². The lowest BCUT2D eigenvalue weighted by atomic mass is 9.96. The van der Waals surface area contributed by atoms with Gasteiger partial charge < -0.3 is 9.73 Å². The first kappa shape index (κ1) is 13.0. The van der Waals surface area contributed by atoms with Crippen LogP contribution in [-0.2, 0) is 18.4 Å². The van der Waals surface area contributed by atoms with Crippen LogP contribution in [0.15, 0.2) is 10.6 Å². The number of aromatic nitrogens is 3. The molecule has 0 spiro atoms. The van der Waals surface area contributed by atoms with Gasteiger partial charge in [0.1, 0.15) is 11.6 Å². The van der Waals surface area contributed by atoms with Crippen molar-refractivity contribution < 1.29 is 4.42 Å². The second-order valence-electron chi connectivity index (χ2n) is 5.10. The molecule has 0 unspecified atom stereocenters. The van der Waals surface area contributed by atoms with Crippen molar-refractivity contribution in [3.8, 4) is 0 Å². The smallest absolute Gasteiger partial charge is 0.213 e. The van der Waals surface area contributed by atoms with Crippen LogP contribution in [0, 0.1) is 0 Å². The molecule has 2 aromatic heterocycles. The molecule has 0 radical (unpaired) electrons. The molecule has 0 aliphatic rings. The Morgan fingerprint density at radius 1 is 1.39 bits per heavy atom. The van der Waals surface area contributed by atoms with Crippen LogP contribution in [0.3, 0.4) is 0 Å². The summed E-state index contributed by atoms with van der Waals surface area (Å²) in [5.41, 5.74) is -0.0191. The van der Waals surface area contributed by atoms with E-state index in [9.17, 15) is 0 Å². The molecule has 1 N–H and O–H groups in total. The van der Waals surface area contributed by atoms with Crippen LogP contribution >= 0.6 is 11.5 Å². The number of nitrogens with zero attached hydrogens (tertiary/aromatic N) is 3. The zero-order chi connectivity index (χ0) is 13.2. The number of nitrogens with one attached hydrogen (secondary N) is 1. The summed E-state index contributed by atoms with van der Waals surface area (Å²) < 4.78 is 9.85. The molecular formula is C12H18N4OS. The number of anilines is 1. The molecule has 6 heteroatoms. The zero-order valence-electron chi connectivity index (χ0n) is 11.1. The van der Waals surface area contributed by atoms with Gasteiger partial charge in [-0.15, -0.1) is 0 Å². The number of rotatable bonds is 4. The van der Waals surface area contributed by atoms with Crippen LogP contribution in [0.1, 0.15) is 45.2 Å². The summed E-state index contributed by atoms with van der Waals surface area (Å²) in [4.78, 5) is 8.64. The van der Waals surface area contributed by atoms with E-state index < -0.39 is 0 Å². The Balaban J connectivity index is 1.96. The number of aryl methyl sites for hydroxylation is 1. The minimum atomic E-state index is -0.0191. The molecule has 0 aromatic carbocycles. The van der Waals surface area contributed by atoms with Gasteiger partial charge in [-0.3, -0.25) is 0 Å². The van der Waals surface area contributed by atoms with E-state index in [1.165, 1.54) is 11.5 Å². The predicted molar refractivity (Wildman–Crippen MR) is 71.8 cm³/mol. The molecule has 18 heavy (non-hydrogen) atoms. The first-order chi connectivity index (χ1) is 8.49. The average Bonchev–Trinajstić information content (AvgIpc) is 2.94. The summed E-state index contributed by atoms with van der Waals surface area (Å²) in [6, 6.07) is 0. The lowest BCUT2D eigenvalue weighted by Crippen LogP contribution is -2.13. The molecule has 0 fully saturated rings. The maximum absolute atomic E-state index is 5.51. The van der Waals surface area contributed by atoms with Crippen molar-refractivity contribution in [2.24, 2.45) is 0 Å². The van der Waals surface area contributed by atoms with E-state index in [1.54, 1.807) is 6.20 Å². The second kappa shape index (κ2) is 5.06. The quantitative estimate of drug-likeness (QED) is 0.921. The highest BCUT2D eigenvalue weighted by Crippen LogP contribution is 2.23. The molecule has 0 aliphatic heterocycles. The molecule has 0 saturated carbocycles. The van der Waals surface area contributed by atoms with Crippen molar-refractivity contribution in [3.05, 3.63) is 23.7 Å². The van der Waals surface area contributed by atoms with Crippen molar-refractivity contribution in [1.29, 1.82) is 0 Å². The lowest BCUT2D eigenvalue weighted by Gasteiger charge is -2.12. The van der Waals surface area contributed by atoms with Gasteiger partial charge in [-0.2, -0.15) is 4.37 Å². The monoisotopic (exact) mass is 266 g/mol. The average molecular weight is 266 g/mol. The standard InChI is InChI=1S/C12H18N4OS/c1-5-8-6-13-9(17-8)7-14-11-15-10(16-18-11)12(2,3)4/h6H,5,7H2,1-4H3,(H,14,15,16). The van der Waals surface area contributed by atoms with Crippen LogP contribution in [0.5, 0.6) is 0 Å². The first-order valence-corrected chi connectivity index (χ1v) is 6.78. The van der Waals surface area contributed by atoms with Crippen molar-refractivity contribution in [2.75, 3.05) is 5.32 Å². The van der Waals surface area contributed by atoms with Gasteiger partial charge in [0, 0.05) is 23.4 Å². The molecule has 0 saturated heterocycles. The summed E-state index contributed by atoms with van der Waals surface area (Å²) in [5, 5.41) is 3.98. The summed E-state index contributed by atoms with van der Waals surface area (Å²) in [6.45, 7) is 8.87. The van der Waals surface area contributed by atoms with Gasteiger partial charge in [-0.1, -0.05) is 27.7 Å². The van der Waals surface area contributed by atoms with E-state index >= 15 is 0 Å². The molecule has 98 valence electrons. The highest BCUT2D eigenvalue weighted by Gasteiger charge is 2.19. The van der Waals surface area contributed by atoms with E-state index in [2.05, 4.69) is 40.4 Å². The fraction of sp³-hybridized carbons (Fsp3) is 0.583. The van der Waals surface area contributed by atoms with Crippen molar-refractivity contribution in [1.82, 2.24) is 14.3 Å². The van der Waals surface area contributed by atoms with Crippen molar-refractivity contribution >= 4 is 16.7 Å². The van der Waals surface area contributed by atoms with Crippen LogP contribution < -0.4 is 5.32 Å². The van der Waals surface area contributed by atoms with Gasteiger partial charge in [-0.05, 0) is 0 Å². The van der Waals surface area contributed by atoms with E-state index in [0.717, 1.165) is 23.1 Å². The van der Waals surface area contributed by atoms with Crippen molar-refractivity contribution in [2.45, 2.75) is 46.1 Å². The number of oxazole rings is 1. The summed E-state index contributed by atoms with van der Waals surface area (Å²) in [6.07, 6.45) is 2.62. The molecule has 0 amide bonds. The Hall–Kier alpha value is -1.43. The SMILES string of the molecule is CCc1cnc(CNc2nc(C(C)(C)C)ns2)o1. The van der Waals surface area contributed by atoms with Crippen molar-refractivity contribution in [3.63, 3.8) is 0 Å². The van der Waals surface area contributed by atoms with Gasteiger partial charge >= 0.3 is 0 Å². The highest BCUT2D eigenvalue weighted by atomic mass is 32.1. The lowest BCUT2D eigenvalue weighted by molar-refractivity contribution is 0.465. The Labute approximate surface area is 111 Å². The normalized spacial score (nSPS) is 11.8. The van der Waals surface area contributed by atoms with Crippen LogP contribution in [0.25, 0.3) is 0 Å². The van der Waals surface area contributed by atoms with Crippen LogP contribution in [-0.4, -0.2) is 14.3 Å². The Morgan fingerprint density at radius 2 is 2.17 bits per heavy atom. The summed E-state index contributed by atoms with van der Waals surface area (Å²) >= 11 is 1.37. The highest BCUT2D eigenvalue weighted by molar-refractivity contribution is 7.09. The Bertz CT molecular complexity index is 512. The summed E-state index contributed by atoms with van der Waals surface area (Å²) in [7, 11) is 0. The number of hydrogen-bond donors (Lipinski definition) is 1. The van der Waals surface area contributed by atoms with Gasteiger partial charge in [-0.25, -0.2) is 9.97 Å². The zero-order valence-corrected chi connectivity index (χ0v) is 12.0. The van der Waals surface area contributed by atoms with Gasteiger partial charge in [0.25, 0.3) is 0 Å². The first-order valence-electron chi connectivity index (χ1n) is 6.00. The maximum Gasteiger partial charge on any atom is 0.213 e. The van der Waals surface area contributed by atoms with E-state index in [1.807, 2.05) is 6.92 Å². The maximum atomic E-state index is 5.51. The van der Waals surface area contributed by atoms with Gasteiger partial charge in [0.05, 0.1) is 12.7 Å². The molecule has 2 aromatic rings. The Morgan fingerprint density at radius 3 is 2.72 bits per heavy atom. The largest absolute Gasteiger partial charge is 0.444 e. The molecule has 5 nitrogen and oxygen atoms in total. The molecule has 2 heterocycles. The van der Waals surface area contributed by atoms with E-state index in [0.29, 0.717) is 12.4 Å². The second-order valence-corrected chi connectivity index (χ2v) is 5.85. The van der Waals surface area contributed by atoms with Crippen LogP contribution in [0.2, 0.25) is 0 Å². The third kappa shape index (κ3) is 3.07. The molecule has 0 atom stereocenters. The minimum Gasteiger partial charge on any atom is -0.444 e. The van der Waals surface area contributed by atoms with Gasteiger partial charge in [0.2, 0.25) is 11.0 Å². The van der Waals surface area contributed by atoms with E-state index in [4.69, 9.17) is 4.42 Å². The van der Waals surface area contributed by atoms with E-state index in [-0.39, 0.29) is 5.41 Å². The topological polar surface area (TPSA) is 63.8 Å². The molecule has 0 aliphatic carbocycles. The molecule has 0 bridgehead atoms. The Kier molecular flexibility index (Phi) is 3.65. The third-order valence-corrected chi connectivity index (χ3v) is 3.11. The fourth-order valence-corrected chi connectivity index (χ4v) is 2.10. The third-order valence-electron chi connectivity index (χ3n) is 2.44. The van der Waals surface area contributed by atoms with Crippen LogP contribution in [0.4, 0.5) is 5.13 Å². The minimum absolute atomic E-state index is 0.0191. The predicted octanol–water partition coefficient (Wildman–Crippen LogP) is 3.00. The number of hydrogen-bond acceptors (Lipinski definition) is 6. The summed E-state index contributed by atoms with van der Waals surface area (Å²) in [5.74, 6) is 2.44. The molecule has 2 rings (SSSR count). The fourth-order valence-electron chi connectivity index (χ4n) is 1.34.